The number of oxazole rings is 1. The lowest BCUT2D eigenvalue weighted by atomic mass is 9.97. The van der Waals surface area contributed by atoms with Crippen LogP contribution in [0, 0.1) is 5.82 Å². The fourth-order valence-electron chi connectivity index (χ4n) is 5.17. The molecule has 0 aliphatic rings. The number of hydrogen-bond donors (Lipinski definition) is 1. The lowest BCUT2D eigenvalue weighted by Crippen LogP contribution is -2.48. The monoisotopic (exact) mass is 618 g/mol. The van der Waals surface area contributed by atoms with Crippen LogP contribution in [-0.2, 0) is 17.6 Å². The molecule has 44 heavy (non-hydrogen) atoms. The Morgan fingerprint density at radius 1 is 1.07 bits per heavy atom. The largest absolute Gasteiger partial charge is 0.493 e. The fraction of sp³-hybridized carbons (Fsp3) is 0.333. The number of allylic oxidation sites excluding steroid dienone is 2. The van der Waals surface area contributed by atoms with E-state index < -0.39 is 5.82 Å². The van der Waals surface area contributed by atoms with Crippen LogP contribution in [0.2, 0.25) is 5.02 Å². The van der Waals surface area contributed by atoms with Crippen molar-refractivity contribution >= 4 is 28.6 Å². The van der Waals surface area contributed by atoms with E-state index in [4.69, 9.17) is 25.7 Å². The lowest BCUT2D eigenvalue weighted by Gasteiger charge is -2.29. The molecule has 1 aromatic heterocycles. The van der Waals surface area contributed by atoms with Crippen molar-refractivity contribution in [3.8, 4) is 28.3 Å². The molecule has 4 rings (SSSR count). The van der Waals surface area contributed by atoms with Crippen LogP contribution in [-0.4, -0.2) is 55.7 Å². The number of fused-ring (bicyclic) bond motifs is 1. The second kappa shape index (κ2) is 15.2. The molecule has 0 aliphatic carbocycles. The van der Waals surface area contributed by atoms with Crippen molar-refractivity contribution in [2.75, 3.05) is 40.3 Å². The van der Waals surface area contributed by atoms with Gasteiger partial charge in [0.15, 0.2) is 12.1 Å². The van der Waals surface area contributed by atoms with Crippen LogP contribution in [0.15, 0.2) is 78.3 Å². The highest BCUT2D eigenvalue weighted by molar-refractivity contribution is 6.33. The Morgan fingerprint density at radius 3 is 2.59 bits per heavy atom. The minimum absolute atomic E-state index is 0.0825. The first-order chi connectivity index (χ1) is 21.1. The Balaban J connectivity index is 1.55. The molecule has 0 atom stereocenters. The van der Waals surface area contributed by atoms with Gasteiger partial charge in [-0.15, -0.1) is 13.2 Å². The van der Waals surface area contributed by atoms with E-state index in [1.165, 1.54) is 12.1 Å². The second-order valence-electron chi connectivity index (χ2n) is 11.7. The Hall–Kier alpha value is -3.94. The van der Waals surface area contributed by atoms with Crippen LogP contribution < -0.4 is 10.1 Å². The van der Waals surface area contributed by atoms with Gasteiger partial charge in [0.1, 0.15) is 17.1 Å². The summed E-state index contributed by atoms with van der Waals surface area (Å²) in [5.74, 6) is 0.784. The van der Waals surface area contributed by atoms with E-state index in [0.29, 0.717) is 53.0 Å². The van der Waals surface area contributed by atoms with Crippen molar-refractivity contribution in [3.63, 3.8) is 0 Å². The molecule has 0 spiro atoms. The van der Waals surface area contributed by atoms with E-state index >= 15 is 0 Å². The summed E-state index contributed by atoms with van der Waals surface area (Å²) in [7, 11) is 4.13. The average Bonchev–Trinajstić information content (AvgIpc) is 3.39. The Bertz CT molecular complexity index is 1630. The van der Waals surface area contributed by atoms with E-state index in [-0.39, 0.29) is 10.9 Å². The van der Waals surface area contributed by atoms with Gasteiger partial charge in [-0.1, -0.05) is 43.2 Å². The standard InChI is InChI=1S/C36H41ClFN3O3/c1-6-9-17-39-34(42)24-41(4,5)18-10-19-43-33-16-13-26(22-27(33)12-8-3)30-20-25(11-7-2)21-32-35(30)44-36(40-32)29-15-14-28(38)23-31(29)37/h7-8,13-16,20-23H,2-3,6,9-12,17-19,24H2,1,4-5H3/p+1. The third-order valence-electron chi connectivity index (χ3n) is 7.42. The molecule has 8 heteroatoms. The zero-order chi connectivity index (χ0) is 31.7. The minimum atomic E-state index is -0.422. The van der Waals surface area contributed by atoms with Gasteiger partial charge in [-0.05, 0) is 78.4 Å². The van der Waals surface area contributed by atoms with E-state index in [1.54, 1.807) is 6.07 Å². The molecule has 0 unspecified atom stereocenters. The molecule has 0 radical (unpaired) electrons. The number of amides is 1. The SMILES string of the molecule is C=CCc1cc(-c2ccc(OCCC[N+](C)(C)CC(=O)NCCCC)c(CC=C)c2)c2oc(-c3ccc(F)cc3Cl)nc2c1. The van der Waals surface area contributed by atoms with Gasteiger partial charge in [0, 0.05) is 18.5 Å². The minimum Gasteiger partial charge on any atom is -0.493 e. The third kappa shape index (κ3) is 8.58. The number of likely N-dealkylation sites (N-methyl/N-ethyl adjacent to an activating group) is 1. The maximum atomic E-state index is 13.7. The van der Waals surface area contributed by atoms with Crippen LogP contribution >= 0.6 is 11.6 Å². The Morgan fingerprint density at radius 2 is 1.86 bits per heavy atom. The zero-order valence-electron chi connectivity index (χ0n) is 25.9. The van der Waals surface area contributed by atoms with Gasteiger partial charge in [-0.25, -0.2) is 9.37 Å². The topological polar surface area (TPSA) is 64.4 Å². The lowest BCUT2D eigenvalue weighted by molar-refractivity contribution is -0.882. The summed E-state index contributed by atoms with van der Waals surface area (Å²) < 4.78 is 26.8. The second-order valence-corrected chi connectivity index (χ2v) is 12.1. The number of unbranched alkanes of at least 4 members (excludes halogenated alkanes) is 1. The number of nitrogens with one attached hydrogen (secondary N) is 1. The number of nitrogens with zero attached hydrogens (tertiary/aromatic N) is 2. The van der Waals surface area contributed by atoms with Gasteiger partial charge in [-0.3, -0.25) is 4.79 Å². The van der Waals surface area contributed by atoms with Crippen molar-refractivity contribution in [1.29, 1.82) is 0 Å². The van der Waals surface area contributed by atoms with Gasteiger partial charge in [-0.2, -0.15) is 0 Å². The molecule has 0 bridgehead atoms. The molecule has 232 valence electrons. The molecule has 0 aliphatic heterocycles. The number of quaternary nitrogens is 1. The highest BCUT2D eigenvalue weighted by Crippen LogP contribution is 2.37. The molecule has 0 saturated heterocycles. The first kappa shape index (κ1) is 33.0. The number of rotatable bonds is 16. The number of aromatic nitrogens is 1. The maximum absolute atomic E-state index is 13.7. The summed E-state index contributed by atoms with van der Waals surface area (Å²) in [5.41, 5.74) is 5.69. The van der Waals surface area contributed by atoms with Crippen molar-refractivity contribution in [2.24, 2.45) is 0 Å². The molecule has 0 fully saturated rings. The predicted molar refractivity (Wildman–Crippen MR) is 178 cm³/mol. The van der Waals surface area contributed by atoms with E-state index in [1.807, 2.05) is 30.4 Å². The van der Waals surface area contributed by atoms with Crippen molar-refractivity contribution in [3.05, 3.63) is 95.8 Å². The number of halogens is 2. The molecular formula is C36H42ClFN3O3+. The highest BCUT2D eigenvalue weighted by atomic mass is 35.5. The van der Waals surface area contributed by atoms with E-state index in [9.17, 15) is 9.18 Å². The summed E-state index contributed by atoms with van der Waals surface area (Å²) in [5, 5.41) is 3.23. The van der Waals surface area contributed by atoms with Crippen molar-refractivity contribution in [1.82, 2.24) is 10.3 Å². The average molecular weight is 619 g/mol. The van der Waals surface area contributed by atoms with Crippen LogP contribution in [0.5, 0.6) is 5.75 Å². The van der Waals surface area contributed by atoms with Crippen LogP contribution in [0.4, 0.5) is 4.39 Å². The number of benzene rings is 3. The first-order valence-corrected chi connectivity index (χ1v) is 15.5. The fourth-order valence-corrected chi connectivity index (χ4v) is 5.42. The van der Waals surface area contributed by atoms with Crippen molar-refractivity contribution < 1.29 is 22.8 Å². The summed E-state index contributed by atoms with van der Waals surface area (Å²) in [4.78, 5) is 17.0. The Labute approximate surface area is 264 Å². The highest BCUT2D eigenvalue weighted by Gasteiger charge is 2.20. The summed E-state index contributed by atoms with van der Waals surface area (Å²) in [6, 6.07) is 14.3. The predicted octanol–water partition coefficient (Wildman–Crippen LogP) is 8.17. The smallest absolute Gasteiger partial charge is 0.275 e. The number of hydrogen-bond acceptors (Lipinski definition) is 4. The van der Waals surface area contributed by atoms with Gasteiger partial charge in [0.25, 0.3) is 5.91 Å². The van der Waals surface area contributed by atoms with E-state index in [2.05, 4.69) is 51.6 Å². The van der Waals surface area contributed by atoms with Crippen LogP contribution in [0.3, 0.4) is 0 Å². The normalized spacial score (nSPS) is 11.5. The number of carbonyl (C=O) groups is 1. The van der Waals surface area contributed by atoms with Crippen LogP contribution in [0.25, 0.3) is 33.7 Å². The summed E-state index contributed by atoms with van der Waals surface area (Å²) in [6.45, 7) is 12.5. The molecule has 1 amide bonds. The molecule has 4 aromatic rings. The van der Waals surface area contributed by atoms with Crippen molar-refractivity contribution in [2.45, 2.75) is 39.0 Å². The van der Waals surface area contributed by atoms with Gasteiger partial charge >= 0.3 is 0 Å². The van der Waals surface area contributed by atoms with Gasteiger partial charge in [0.05, 0.1) is 37.8 Å². The quantitative estimate of drug-likeness (QED) is 0.0781. The molecular weight excluding hydrogens is 577 g/mol. The number of carbonyl (C=O) groups excluding carboxylic acids is 1. The molecule has 6 nitrogen and oxygen atoms in total. The van der Waals surface area contributed by atoms with Crippen LogP contribution in [0.1, 0.15) is 37.3 Å². The maximum Gasteiger partial charge on any atom is 0.275 e. The number of ether oxygens (including phenoxy) is 1. The first-order valence-electron chi connectivity index (χ1n) is 15.1. The van der Waals surface area contributed by atoms with Gasteiger partial charge in [0.2, 0.25) is 5.89 Å². The van der Waals surface area contributed by atoms with Gasteiger partial charge < -0.3 is 19.0 Å². The summed E-state index contributed by atoms with van der Waals surface area (Å²) >= 11 is 6.33. The molecule has 1 heterocycles. The Kier molecular flexibility index (Phi) is 11.4. The molecule has 1 N–H and O–H groups in total. The molecule has 0 saturated carbocycles. The molecule has 3 aromatic carbocycles. The third-order valence-corrected chi connectivity index (χ3v) is 7.73. The van der Waals surface area contributed by atoms with E-state index in [0.717, 1.165) is 60.4 Å². The zero-order valence-corrected chi connectivity index (χ0v) is 26.7. The summed E-state index contributed by atoms with van der Waals surface area (Å²) in [6.07, 6.45) is 7.86.